The van der Waals surface area contributed by atoms with Gasteiger partial charge in [-0.15, -0.1) is 0 Å². The third kappa shape index (κ3) is 6.52. The van der Waals surface area contributed by atoms with Gasteiger partial charge in [0.05, 0.1) is 12.7 Å². The first-order valence-corrected chi connectivity index (χ1v) is 13.9. The van der Waals surface area contributed by atoms with Crippen LogP contribution in [0.3, 0.4) is 0 Å². The Bertz CT molecular complexity index is 314. The summed E-state index contributed by atoms with van der Waals surface area (Å²) in [6.45, 7) is 23.2. The van der Waals surface area contributed by atoms with Crippen molar-refractivity contribution in [3.05, 3.63) is 0 Å². The Labute approximate surface area is 134 Å². The summed E-state index contributed by atoms with van der Waals surface area (Å²) in [5.74, 6) is 0. The van der Waals surface area contributed by atoms with E-state index in [-0.39, 0.29) is 22.8 Å². The molecule has 5 heteroatoms. The van der Waals surface area contributed by atoms with Crippen molar-refractivity contribution in [2.45, 2.75) is 90.3 Å². The molecule has 0 aliphatic rings. The molecule has 0 amide bonds. The maximum atomic E-state index is 9.32. The van der Waals surface area contributed by atoms with E-state index in [9.17, 15) is 5.11 Å². The first-order valence-electron chi connectivity index (χ1n) is 8.07. The lowest BCUT2D eigenvalue weighted by Gasteiger charge is -2.41. The lowest BCUT2D eigenvalue weighted by Crippen LogP contribution is -2.48. The zero-order valence-corrected chi connectivity index (χ0v) is 18.0. The molecule has 0 aromatic heterocycles. The highest BCUT2D eigenvalue weighted by molar-refractivity contribution is 6.74. The first kappa shape index (κ1) is 21.3. The van der Waals surface area contributed by atoms with Gasteiger partial charge in [-0.2, -0.15) is 0 Å². The second-order valence-corrected chi connectivity index (χ2v) is 18.6. The second-order valence-electron chi connectivity index (χ2n) is 9.08. The summed E-state index contributed by atoms with van der Waals surface area (Å²) in [6, 6.07) is 0. The molecule has 0 aromatic rings. The van der Waals surface area contributed by atoms with Crippen LogP contribution < -0.4 is 0 Å². The fourth-order valence-electron chi connectivity index (χ4n) is 1.43. The van der Waals surface area contributed by atoms with E-state index in [1.807, 2.05) is 0 Å². The predicted octanol–water partition coefficient (Wildman–Crippen LogP) is 4.78. The highest BCUT2D eigenvalue weighted by Gasteiger charge is 2.41. The zero-order chi connectivity index (χ0) is 17.1. The fourth-order valence-corrected chi connectivity index (χ4v) is 3.84. The Morgan fingerprint density at radius 1 is 0.857 bits per heavy atom. The molecule has 0 aliphatic carbocycles. The van der Waals surface area contributed by atoms with E-state index in [1.165, 1.54) is 0 Å². The van der Waals surface area contributed by atoms with Crippen LogP contribution >= 0.6 is 0 Å². The van der Waals surface area contributed by atoms with Crippen LogP contribution in [0.2, 0.25) is 36.3 Å². The summed E-state index contributed by atoms with van der Waals surface area (Å²) in [5.41, 5.74) is 0. The fraction of sp³-hybridized carbons (Fsp3) is 1.00. The Morgan fingerprint density at radius 2 is 1.29 bits per heavy atom. The number of aliphatic hydroxyl groups is 1. The Kier molecular flexibility index (Phi) is 7.37. The first-order chi connectivity index (χ1) is 9.14. The molecule has 128 valence electrons. The molecule has 1 atom stereocenters. The van der Waals surface area contributed by atoms with Crippen LogP contribution in [0.15, 0.2) is 0 Å². The molecule has 0 aromatic carbocycles. The molecular formula is C16H38O3Si2. The van der Waals surface area contributed by atoms with Crippen LogP contribution in [-0.2, 0) is 8.85 Å². The molecule has 0 bridgehead atoms. The monoisotopic (exact) mass is 334 g/mol. The summed E-state index contributed by atoms with van der Waals surface area (Å²) in [7, 11) is -3.59. The maximum Gasteiger partial charge on any atom is 0.192 e. The van der Waals surface area contributed by atoms with Gasteiger partial charge in [-0.1, -0.05) is 41.5 Å². The molecule has 0 unspecified atom stereocenters. The minimum absolute atomic E-state index is 0.00465. The Balaban J connectivity index is 4.80. The third-order valence-electron chi connectivity index (χ3n) is 5.15. The smallest absolute Gasteiger partial charge is 0.192 e. The second kappa shape index (κ2) is 7.26. The van der Waals surface area contributed by atoms with Gasteiger partial charge in [0.1, 0.15) is 0 Å². The molecule has 21 heavy (non-hydrogen) atoms. The van der Waals surface area contributed by atoms with Crippen molar-refractivity contribution in [1.82, 2.24) is 0 Å². The Hall–Kier alpha value is 0.314. The van der Waals surface area contributed by atoms with Crippen LogP contribution in [0.4, 0.5) is 0 Å². The minimum atomic E-state index is -1.82. The van der Waals surface area contributed by atoms with E-state index in [4.69, 9.17) is 8.85 Å². The average molecular weight is 335 g/mol. The van der Waals surface area contributed by atoms with Crippen molar-refractivity contribution in [2.24, 2.45) is 0 Å². The van der Waals surface area contributed by atoms with Gasteiger partial charge in [0.2, 0.25) is 0 Å². The van der Waals surface area contributed by atoms with Crippen LogP contribution in [-0.4, -0.2) is 41.1 Å². The van der Waals surface area contributed by atoms with Gasteiger partial charge < -0.3 is 14.0 Å². The number of hydrogen-bond donors (Lipinski definition) is 1. The molecule has 0 spiro atoms. The van der Waals surface area contributed by atoms with Crippen molar-refractivity contribution in [3.63, 3.8) is 0 Å². The topological polar surface area (TPSA) is 38.7 Å². The van der Waals surface area contributed by atoms with Gasteiger partial charge in [-0.25, -0.2) is 0 Å². The summed E-state index contributed by atoms with van der Waals surface area (Å²) in [6.07, 6.45) is 0.659. The van der Waals surface area contributed by atoms with Crippen molar-refractivity contribution in [1.29, 1.82) is 0 Å². The van der Waals surface area contributed by atoms with Gasteiger partial charge in [0.25, 0.3) is 0 Å². The summed E-state index contributed by atoms with van der Waals surface area (Å²) >= 11 is 0. The van der Waals surface area contributed by atoms with Crippen molar-refractivity contribution in [3.8, 4) is 0 Å². The highest BCUT2D eigenvalue weighted by atomic mass is 28.4. The van der Waals surface area contributed by atoms with E-state index in [1.54, 1.807) is 0 Å². The van der Waals surface area contributed by atoms with E-state index < -0.39 is 16.6 Å². The molecule has 1 N–H and O–H groups in total. The molecule has 0 rings (SSSR count). The van der Waals surface area contributed by atoms with Crippen molar-refractivity contribution in [2.75, 3.05) is 13.2 Å². The third-order valence-corrected chi connectivity index (χ3v) is 14.2. The van der Waals surface area contributed by atoms with E-state index in [0.717, 1.165) is 0 Å². The molecule has 0 saturated carbocycles. The van der Waals surface area contributed by atoms with E-state index >= 15 is 0 Å². The van der Waals surface area contributed by atoms with Crippen LogP contribution in [0.1, 0.15) is 48.0 Å². The maximum absolute atomic E-state index is 9.32. The van der Waals surface area contributed by atoms with Gasteiger partial charge >= 0.3 is 0 Å². The van der Waals surface area contributed by atoms with Gasteiger partial charge in [-0.05, 0) is 42.7 Å². The van der Waals surface area contributed by atoms with Gasteiger partial charge in [0, 0.05) is 6.61 Å². The highest BCUT2D eigenvalue weighted by Crippen LogP contribution is 2.39. The Morgan fingerprint density at radius 3 is 1.62 bits per heavy atom. The predicted molar refractivity (Wildman–Crippen MR) is 96.9 cm³/mol. The molecule has 0 aliphatic heterocycles. The average Bonchev–Trinajstić information content (AvgIpc) is 2.22. The normalized spacial score (nSPS) is 16.1. The van der Waals surface area contributed by atoms with E-state index in [0.29, 0.717) is 13.0 Å². The molecular weight excluding hydrogens is 296 g/mol. The summed E-state index contributed by atoms with van der Waals surface area (Å²) in [4.78, 5) is 0. The quantitative estimate of drug-likeness (QED) is 0.681. The lowest BCUT2D eigenvalue weighted by molar-refractivity contribution is 0.0837. The molecule has 3 nitrogen and oxygen atoms in total. The molecule has 0 saturated heterocycles. The standard InChI is InChI=1S/C16H38O3Si2/c1-15(2,3)20(7,8)18-13-14(11-12-17)19-21(9,10)16(4,5)6/h14,17H,11-13H2,1-10H3/t14-/m1/s1. The van der Waals surface area contributed by atoms with Crippen molar-refractivity contribution < 1.29 is 14.0 Å². The van der Waals surface area contributed by atoms with Crippen LogP contribution in [0.5, 0.6) is 0 Å². The summed E-state index contributed by atoms with van der Waals surface area (Å²) in [5, 5.41) is 9.70. The van der Waals surface area contributed by atoms with Crippen molar-refractivity contribution >= 4 is 16.6 Å². The minimum Gasteiger partial charge on any atom is -0.414 e. The lowest BCUT2D eigenvalue weighted by atomic mass is 10.2. The number of hydrogen-bond acceptors (Lipinski definition) is 3. The zero-order valence-electron chi connectivity index (χ0n) is 16.0. The van der Waals surface area contributed by atoms with Gasteiger partial charge in [0.15, 0.2) is 16.6 Å². The number of rotatable bonds is 7. The van der Waals surface area contributed by atoms with Gasteiger partial charge in [-0.3, -0.25) is 0 Å². The van der Waals surface area contributed by atoms with Crippen LogP contribution in [0.25, 0.3) is 0 Å². The molecule has 0 heterocycles. The largest absolute Gasteiger partial charge is 0.414 e. The molecule has 0 radical (unpaired) electrons. The van der Waals surface area contributed by atoms with E-state index in [2.05, 4.69) is 67.7 Å². The number of aliphatic hydroxyl groups excluding tert-OH is 1. The molecule has 0 fully saturated rings. The SMILES string of the molecule is CC(C)(C)[Si](C)(C)OC[C@@H](CCO)O[Si](C)(C)C(C)(C)C. The van der Waals surface area contributed by atoms with Crippen LogP contribution in [0, 0.1) is 0 Å². The summed E-state index contributed by atoms with van der Waals surface area (Å²) < 4.78 is 12.7.